The predicted molar refractivity (Wildman–Crippen MR) is 73.8 cm³/mol. The lowest BCUT2D eigenvalue weighted by Crippen LogP contribution is -2.27. The number of halogens is 1. The molecule has 100 valence electrons. The van der Waals surface area contributed by atoms with Crippen LogP contribution in [0.2, 0.25) is 0 Å². The molecule has 0 aliphatic rings. The van der Waals surface area contributed by atoms with Gasteiger partial charge in [-0.15, -0.1) is 12.4 Å². The quantitative estimate of drug-likeness (QED) is 0.763. The van der Waals surface area contributed by atoms with Gasteiger partial charge in [-0.05, 0) is 24.6 Å². The van der Waals surface area contributed by atoms with Crippen molar-refractivity contribution >= 4 is 29.9 Å². The molecule has 18 heavy (non-hydrogen) atoms. The summed E-state index contributed by atoms with van der Waals surface area (Å²) >= 11 is 0. The van der Waals surface area contributed by atoms with Crippen molar-refractivity contribution < 1.29 is 9.59 Å². The van der Waals surface area contributed by atoms with Crippen LogP contribution in [0.1, 0.15) is 22.8 Å². The lowest BCUT2D eigenvalue weighted by Gasteiger charge is -2.12. The molecule has 1 unspecified atom stereocenters. The Morgan fingerprint density at radius 1 is 1.39 bits per heavy atom. The highest BCUT2D eigenvalue weighted by molar-refractivity contribution is 5.97. The Morgan fingerprint density at radius 2 is 2.00 bits per heavy atom. The zero-order valence-corrected chi connectivity index (χ0v) is 11.2. The second-order valence-electron chi connectivity index (χ2n) is 4.02. The van der Waals surface area contributed by atoms with Crippen LogP contribution in [0.5, 0.6) is 0 Å². The van der Waals surface area contributed by atoms with Crippen molar-refractivity contribution in [1.82, 2.24) is 0 Å². The summed E-state index contributed by atoms with van der Waals surface area (Å²) in [5.74, 6) is -0.962. The van der Waals surface area contributed by atoms with Crippen molar-refractivity contribution in [3.63, 3.8) is 0 Å². The highest BCUT2D eigenvalue weighted by Crippen LogP contribution is 2.17. The van der Waals surface area contributed by atoms with E-state index >= 15 is 0 Å². The van der Waals surface area contributed by atoms with E-state index in [1.54, 1.807) is 25.1 Å². The highest BCUT2D eigenvalue weighted by Gasteiger charge is 2.13. The smallest absolute Gasteiger partial charge is 0.248 e. The monoisotopic (exact) mass is 271 g/mol. The molecule has 0 heterocycles. The Kier molecular flexibility index (Phi) is 6.36. The molecule has 0 spiro atoms. The van der Waals surface area contributed by atoms with Crippen LogP contribution in [0.4, 0.5) is 5.69 Å². The summed E-state index contributed by atoms with van der Waals surface area (Å²) < 4.78 is 0. The fourth-order valence-corrected chi connectivity index (χ4v) is 1.27. The maximum absolute atomic E-state index is 11.7. The molecule has 5 N–H and O–H groups in total. The first-order valence-electron chi connectivity index (χ1n) is 5.37. The van der Waals surface area contributed by atoms with E-state index in [0.29, 0.717) is 11.3 Å². The van der Waals surface area contributed by atoms with Crippen molar-refractivity contribution in [2.75, 3.05) is 11.9 Å². The van der Waals surface area contributed by atoms with Gasteiger partial charge in [-0.1, -0.05) is 13.0 Å². The minimum absolute atomic E-state index is 0. The van der Waals surface area contributed by atoms with Crippen LogP contribution >= 0.6 is 12.4 Å². The van der Waals surface area contributed by atoms with E-state index in [-0.39, 0.29) is 30.8 Å². The average molecular weight is 272 g/mol. The number of amides is 2. The Labute approximate surface area is 112 Å². The van der Waals surface area contributed by atoms with Gasteiger partial charge in [-0.3, -0.25) is 9.59 Å². The van der Waals surface area contributed by atoms with Gasteiger partial charge in [0.25, 0.3) is 0 Å². The fourth-order valence-electron chi connectivity index (χ4n) is 1.27. The molecule has 0 bridgehead atoms. The maximum Gasteiger partial charge on any atom is 0.248 e. The topological polar surface area (TPSA) is 98.2 Å². The predicted octanol–water partition coefficient (Wildman–Crippen LogP) is 1.05. The van der Waals surface area contributed by atoms with Gasteiger partial charge < -0.3 is 16.8 Å². The van der Waals surface area contributed by atoms with Gasteiger partial charge in [0.2, 0.25) is 11.8 Å². The number of carbonyl (C=O) groups is 2. The minimum Gasteiger partial charge on any atom is -0.366 e. The number of nitrogens with one attached hydrogen (secondary N) is 1. The molecule has 0 aromatic heterocycles. The van der Waals surface area contributed by atoms with Gasteiger partial charge in [-0.25, -0.2) is 0 Å². The maximum atomic E-state index is 11.7. The van der Waals surface area contributed by atoms with Crippen molar-refractivity contribution in [3.8, 4) is 0 Å². The van der Waals surface area contributed by atoms with E-state index in [1.165, 1.54) is 0 Å². The number of hydrogen-bond donors (Lipinski definition) is 3. The van der Waals surface area contributed by atoms with E-state index in [0.717, 1.165) is 5.56 Å². The molecule has 6 heteroatoms. The summed E-state index contributed by atoms with van der Waals surface area (Å²) in [7, 11) is 0. The van der Waals surface area contributed by atoms with Crippen molar-refractivity contribution in [2.45, 2.75) is 13.8 Å². The molecule has 0 fully saturated rings. The summed E-state index contributed by atoms with van der Waals surface area (Å²) in [5.41, 5.74) is 12.4. The summed E-state index contributed by atoms with van der Waals surface area (Å²) in [6.07, 6.45) is 0. The van der Waals surface area contributed by atoms with Gasteiger partial charge in [0.15, 0.2) is 0 Å². The molecule has 0 aliphatic heterocycles. The molecule has 0 saturated carbocycles. The Hall–Kier alpha value is -1.59. The number of anilines is 1. The van der Waals surface area contributed by atoms with Crippen LogP contribution in [0.25, 0.3) is 0 Å². The van der Waals surface area contributed by atoms with E-state index in [2.05, 4.69) is 5.32 Å². The van der Waals surface area contributed by atoms with Crippen LogP contribution in [-0.4, -0.2) is 18.4 Å². The molecule has 2 amide bonds. The van der Waals surface area contributed by atoms with E-state index < -0.39 is 5.91 Å². The Balaban J connectivity index is 0.00000289. The molecule has 0 radical (unpaired) electrons. The van der Waals surface area contributed by atoms with Crippen molar-refractivity contribution in [3.05, 3.63) is 29.3 Å². The molecule has 1 rings (SSSR count). The fraction of sp³-hybridized carbons (Fsp3) is 0.333. The average Bonchev–Trinajstić information content (AvgIpc) is 2.30. The van der Waals surface area contributed by atoms with Gasteiger partial charge in [0, 0.05) is 23.7 Å². The van der Waals surface area contributed by atoms with Gasteiger partial charge in [0.1, 0.15) is 0 Å². The number of carbonyl (C=O) groups excluding carboxylic acids is 2. The number of aryl methyl sites for hydroxylation is 1. The van der Waals surface area contributed by atoms with Crippen LogP contribution in [0.3, 0.4) is 0 Å². The molecular weight excluding hydrogens is 254 g/mol. The van der Waals surface area contributed by atoms with Crippen LogP contribution in [0.15, 0.2) is 18.2 Å². The van der Waals surface area contributed by atoms with Gasteiger partial charge in [-0.2, -0.15) is 0 Å². The largest absolute Gasteiger partial charge is 0.366 e. The van der Waals surface area contributed by atoms with E-state index in [1.807, 2.05) is 6.92 Å². The van der Waals surface area contributed by atoms with Crippen LogP contribution < -0.4 is 16.8 Å². The Bertz CT molecular complexity index is 449. The van der Waals surface area contributed by atoms with E-state index in [4.69, 9.17) is 11.5 Å². The SMILES string of the molecule is Cc1ccc(C(N)=O)cc1NC(=O)C(C)CN.Cl. The third-order valence-electron chi connectivity index (χ3n) is 2.58. The van der Waals surface area contributed by atoms with Crippen molar-refractivity contribution in [1.29, 1.82) is 0 Å². The van der Waals surface area contributed by atoms with E-state index in [9.17, 15) is 9.59 Å². The first-order valence-corrected chi connectivity index (χ1v) is 5.37. The standard InChI is InChI=1S/C12H17N3O2.ClH/c1-7-3-4-9(11(14)16)5-10(7)15-12(17)8(2)6-13;/h3-5,8H,6,13H2,1-2H3,(H2,14,16)(H,15,17);1H. The molecular formula is C12H18ClN3O2. The zero-order chi connectivity index (χ0) is 13.0. The molecule has 5 nitrogen and oxygen atoms in total. The molecule has 1 atom stereocenters. The Morgan fingerprint density at radius 3 is 2.50 bits per heavy atom. The molecule has 0 aliphatic carbocycles. The lowest BCUT2D eigenvalue weighted by molar-refractivity contribution is -0.119. The number of benzene rings is 1. The van der Waals surface area contributed by atoms with Crippen LogP contribution in [0, 0.1) is 12.8 Å². The molecule has 0 saturated heterocycles. The third-order valence-corrected chi connectivity index (χ3v) is 2.58. The lowest BCUT2D eigenvalue weighted by atomic mass is 10.1. The normalized spacial score (nSPS) is 11.3. The number of primary amides is 1. The minimum atomic E-state index is -0.521. The van der Waals surface area contributed by atoms with Gasteiger partial charge in [0.05, 0.1) is 0 Å². The van der Waals surface area contributed by atoms with Crippen molar-refractivity contribution in [2.24, 2.45) is 17.4 Å². The first kappa shape index (κ1) is 16.4. The first-order chi connectivity index (χ1) is 7.95. The summed E-state index contributed by atoms with van der Waals surface area (Å²) in [6, 6.07) is 4.93. The zero-order valence-electron chi connectivity index (χ0n) is 10.4. The number of hydrogen-bond acceptors (Lipinski definition) is 3. The summed E-state index contributed by atoms with van der Waals surface area (Å²) in [5, 5.41) is 2.73. The van der Waals surface area contributed by atoms with Gasteiger partial charge >= 0.3 is 0 Å². The summed E-state index contributed by atoms with van der Waals surface area (Å²) in [6.45, 7) is 3.86. The second kappa shape index (κ2) is 6.98. The second-order valence-corrected chi connectivity index (χ2v) is 4.02. The molecule has 1 aromatic carbocycles. The third kappa shape index (κ3) is 4.01. The highest BCUT2D eigenvalue weighted by atomic mass is 35.5. The summed E-state index contributed by atoms with van der Waals surface area (Å²) in [4.78, 5) is 22.7. The molecule has 1 aromatic rings. The number of rotatable bonds is 4. The number of nitrogens with two attached hydrogens (primary N) is 2. The van der Waals surface area contributed by atoms with Crippen LogP contribution in [-0.2, 0) is 4.79 Å².